The Bertz CT molecular complexity index is 1690. The smallest absolute Gasteiger partial charge is 0.248 e. The number of benzene rings is 3. The molecule has 1 aromatic heterocycles. The van der Waals surface area contributed by atoms with Gasteiger partial charge >= 0.3 is 0 Å². The van der Waals surface area contributed by atoms with Gasteiger partial charge in [-0.25, -0.2) is 22.9 Å². The Morgan fingerprint density at radius 3 is 2.53 bits per heavy atom. The van der Waals surface area contributed by atoms with E-state index in [0.29, 0.717) is 11.4 Å². The van der Waals surface area contributed by atoms with Gasteiger partial charge in [-0.3, -0.25) is 19.1 Å². The van der Waals surface area contributed by atoms with Crippen LogP contribution in [0.2, 0.25) is 0 Å². The predicted molar refractivity (Wildman–Crippen MR) is 130 cm³/mol. The van der Waals surface area contributed by atoms with Crippen LogP contribution in [0.25, 0.3) is 16.8 Å². The first-order valence-electron chi connectivity index (χ1n) is 10.6. The third-order valence-corrected chi connectivity index (χ3v) is 6.80. The molecule has 0 saturated heterocycles. The lowest BCUT2D eigenvalue weighted by Crippen LogP contribution is -2.21. The summed E-state index contributed by atoms with van der Waals surface area (Å²) in [4.78, 5) is 33.3. The maximum atomic E-state index is 15.3. The fourth-order valence-corrected chi connectivity index (χ4v) is 4.90. The van der Waals surface area contributed by atoms with Gasteiger partial charge in [-0.05, 0) is 35.9 Å². The molecule has 4 N–H and O–H groups in total. The summed E-state index contributed by atoms with van der Waals surface area (Å²) in [5, 5.41) is 5.30. The molecule has 0 bridgehead atoms. The van der Waals surface area contributed by atoms with E-state index in [2.05, 4.69) is 9.98 Å². The highest BCUT2D eigenvalue weighted by Gasteiger charge is 2.32. The van der Waals surface area contributed by atoms with E-state index in [-0.39, 0.29) is 32.8 Å². The van der Waals surface area contributed by atoms with Crippen LogP contribution in [-0.2, 0) is 10.0 Å². The van der Waals surface area contributed by atoms with Crippen molar-refractivity contribution in [1.29, 1.82) is 0 Å². The van der Waals surface area contributed by atoms with Gasteiger partial charge in [-0.15, -0.1) is 0 Å². The fourth-order valence-electron chi connectivity index (χ4n) is 4.14. The molecule has 1 atom stereocenters. The lowest BCUT2D eigenvalue weighted by Gasteiger charge is -2.19. The van der Waals surface area contributed by atoms with Gasteiger partial charge in [0.05, 0.1) is 11.1 Å². The number of carbonyl (C=O) groups is 2. The first kappa shape index (κ1) is 23.3. The van der Waals surface area contributed by atoms with Crippen molar-refractivity contribution in [3.8, 4) is 16.8 Å². The van der Waals surface area contributed by atoms with Crippen molar-refractivity contribution >= 4 is 27.9 Å². The molecule has 0 fully saturated rings. The number of aromatic nitrogens is 2. The van der Waals surface area contributed by atoms with Crippen molar-refractivity contribution in [1.82, 2.24) is 9.55 Å². The average molecular weight is 504 g/mol. The Kier molecular flexibility index (Phi) is 5.58. The number of aliphatic imine (C=N–C) groups is 1. The lowest BCUT2D eigenvalue weighted by atomic mass is 9.95. The van der Waals surface area contributed by atoms with Crippen LogP contribution in [0.15, 0.2) is 82.9 Å². The van der Waals surface area contributed by atoms with Crippen molar-refractivity contribution in [2.45, 2.75) is 10.9 Å². The van der Waals surface area contributed by atoms with E-state index in [1.54, 1.807) is 24.3 Å². The van der Waals surface area contributed by atoms with Gasteiger partial charge in [0.1, 0.15) is 29.6 Å². The molecule has 0 saturated carbocycles. The van der Waals surface area contributed by atoms with Crippen LogP contribution in [0, 0.1) is 5.82 Å². The summed E-state index contributed by atoms with van der Waals surface area (Å²) in [6.07, 6.45) is 2.81. The predicted octanol–water partition coefficient (Wildman–Crippen LogP) is 2.78. The van der Waals surface area contributed by atoms with E-state index in [1.807, 2.05) is 0 Å². The van der Waals surface area contributed by atoms with E-state index >= 15 is 4.39 Å². The molecule has 11 heteroatoms. The monoisotopic (exact) mass is 503 g/mol. The van der Waals surface area contributed by atoms with Gasteiger partial charge in [0.15, 0.2) is 0 Å². The Balaban J connectivity index is 1.54. The molecule has 9 nitrogen and oxygen atoms in total. The van der Waals surface area contributed by atoms with Crippen LogP contribution in [0.1, 0.15) is 38.1 Å². The second-order valence-corrected chi connectivity index (χ2v) is 9.62. The number of sulfonamides is 1. The molecule has 4 aromatic rings. The van der Waals surface area contributed by atoms with Crippen LogP contribution < -0.4 is 10.9 Å². The number of imidazole rings is 1. The molecule has 36 heavy (non-hydrogen) atoms. The van der Waals surface area contributed by atoms with Crippen LogP contribution >= 0.6 is 0 Å². The molecular weight excluding hydrogens is 485 g/mol. The number of halogens is 1. The molecule has 0 aliphatic carbocycles. The highest BCUT2D eigenvalue weighted by Crippen LogP contribution is 2.34. The Hall–Kier alpha value is -4.48. The second kappa shape index (κ2) is 8.63. The topological polar surface area (TPSA) is 150 Å². The fraction of sp³-hybridized carbons (Fsp3) is 0.0400. The maximum Gasteiger partial charge on any atom is 0.248 e. The zero-order chi connectivity index (χ0) is 25.6. The third-order valence-electron chi connectivity index (χ3n) is 5.83. The number of Topliss-reactive ketones (excluding diaryl/α,β-unsaturated/α-hetero) is 1. The molecule has 0 radical (unpaired) electrons. The Morgan fingerprint density at radius 2 is 1.81 bits per heavy atom. The Labute approximate surface area is 205 Å². The summed E-state index contributed by atoms with van der Waals surface area (Å²) in [5.41, 5.74) is 7.12. The summed E-state index contributed by atoms with van der Waals surface area (Å²) < 4.78 is 40.7. The van der Waals surface area contributed by atoms with Crippen molar-refractivity contribution in [3.63, 3.8) is 0 Å². The lowest BCUT2D eigenvalue weighted by molar-refractivity contribution is 0.0951. The van der Waals surface area contributed by atoms with Crippen LogP contribution in [0.5, 0.6) is 0 Å². The number of fused-ring (bicyclic) bond motifs is 1. The number of hydrogen-bond acceptors (Lipinski definition) is 6. The molecule has 1 amide bonds. The van der Waals surface area contributed by atoms with Crippen LogP contribution in [0.4, 0.5) is 4.39 Å². The van der Waals surface area contributed by atoms with Gasteiger partial charge in [0.25, 0.3) is 0 Å². The minimum atomic E-state index is -4.04. The SMILES string of the molecule is NC(=O)c1cccc(-n2cnc3c2C(=O)C(c2ccc(-c4ccccc4S(N)(=O)=O)cc2F)N=C3)c1. The van der Waals surface area contributed by atoms with Gasteiger partial charge in [-0.1, -0.05) is 36.4 Å². The van der Waals surface area contributed by atoms with Gasteiger partial charge in [-0.2, -0.15) is 0 Å². The van der Waals surface area contributed by atoms with Crippen molar-refractivity contribution in [2.75, 3.05) is 0 Å². The minimum Gasteiger partial charge on any atom is -0.366 e. The molecule has 0 spiro atoms. The summed E-state index contributed by atoms with van der Waals surface area (Å²) >= 11 is 0. The van der Waals surface area contributed by atoms with Gasteiger partial charge < -0.3 is 5.73 Å². The van der Waals surface area contributed by atoms with Gasteiger partial charge in [0, 0.05) is 22.4 Å². The third kappa shape index (κ3) is 4.00. The molecule has 1 aliphatic heterocycles. The second-order valence-electron chi connectivity index (χ2n) is 8.09. The normalized spacial score (nSPS) is 15.1. The van der Waals surface area contributed by atoms with E-state index in [1.165, 1.54) is 53.5 Å². The first-order valence-corrected chi connectivity index (χ1v) is 12.2. The zero-order valence-corrected chi connectivity index (χ0v) is 19.3. The molecule has 1 unspecified atom stereocenters. The number of primary sulfonamides is 1. The molecule has 1 aliphatic rings. The summed E-state index contributed by atoms with van der Waals surface area (Å²) in [5.74, 6) is -1.86. The van der Waals surface area contributed by atoms with Crippen LogP contribution in [-0.4, -0.2) is 35.9 Å². The largest absolute Gasteiger partial charge is 0.366 e. The van der Waals surface area contributed by atoms with Crippen molar-refractivity contribution in [3.05, 3.63) is 101 Å². The highest BCUT2D eigenvalue weighted by atomic mass is 32.2. The summed E-state index contributed by atoms with van der Waals surface area (Å²) in [7, 11) is -4.04. The van der Waals surface area contributed by atoms with Gasteiger partial charge in [0.2, 0.25) is 21.7 Å². The number of carbonyl (C=O) groups excluding carboxylic acids is 2. The molecule has 5 rings (SSSR count). The number of nitrogens with zero attached hydrogens (tertiary/aromatic N) is 3. The van der Waals surface area contributed by atoms with E-state index in [4.69, 9.17) is 10.9 Å². The molecule has 180 valence electrons. The number of rotatable bonds is 5. The van der Waals surface area contributed by atoms with E-state index in [0.717, 1.165) is 6.07 Å². The molecule has 2 heterocycles. The number of hydrogen-bond donors (Lipinski definition) is 2. The van der Waals surface area contributed by atoms with E-state index < -0.39 is 33.6 Å². The number of ketones is 1. The zero-order valence-electron chi connectivity index (χ0n) is 18.5. The Morgan fingerprint density at radius 1 is 1.03 bits per heavy atom. The highest BCUT2D eigenvalue weighted by molar-refractivity contribution is 7.89. The summed E-state index contributed by atoms with van der Waals surface area (Å²) in [6, 6.07) is 15.2. The van der Waals surface area contributed by atoms with E-state index in [9.17, 15) is 18.0 Å². The minimum absolute atomic E-state index is 0.0115. The quantitative estimate of drug-likeness (QED) is 0.429. The number of amides is 1. The summed E-state index contributed by atoms with van der Waals surface area (Å²) in [6.45, 7) is 0. The van der Waals surface area contributed by atoms with Crippen molar-refractivity contribution in [2.24, 2.45) is 15.9 Å². The standard InChI is InChI=1S/C25H18FN5O4S/c26-19-11-14(17-6-1-2-7-21(17)36(28,34)35)8-9-18(19)22-24(32)23-20(12-29-22)30-13-31(23)16-5-3-4-15(10-16)25(27)33/h1-13,22H,(H2,27,33)(H2,28,34,35). The van der Waals surface area contributed by atoms with Crippen molar-refractivity contribution < 1.29 is 22.4 Å². The van der Waals surface area contributed by atoms with Crippen LogP contribution in [0.3, 0.4) is 0 Å². The maximum absolute atomic E-state index is 15.3. The molecule has 3 aromatic carbocycles. The first-order chi connectivity index (χ1) is 17.1. The molecular formula is C25H18FN5O4S. The number of primary amides is 1. The number of nitrogens with two attached hydrogens (primary N) is 2. The average Bonchev–Trinajstić information content (AvgIpc) is 3.29.